The third-order valence-corrected chi connectivity index (χ3v) is 7.90. The van der Waals surface area contributed by atoms with Crippen molar-refractivity contribution in [2.75, 3.05) is 31.2 Å². The summed E-state index contributed by atoms with van der Waals surface area (Å²) in [6, 6.07) is 14.1. The number of rotatable bonds is 8. The predicted molar refractivity (Wildman–Crippen MR) is 137 cm³/mol. The fourth-order valence-corrected chi connectivity index (χ4v) is 6.18. The molecule has 0 spiro atoms. The van der Waals surface area contributed by atoms with E-state index in [0.717, 1.165) is 37.4 Å². The number of thioether (sulfide) groups is 1. The fraction of sp³-hybridized carbons (Fsp3) is 0.440. The second kappa shape index (κ2) is 11.3. The van der Waals surface area contributed by atoms with Gasteiger partial charge < -0.3 is 9.47 Å². The molecule has 2 aliphatic rings. The maximum atomic E-state index is 6.55. The first kappa shape index (κ1) is 23.9. The molecule has 0 N–H and O–H groups in total. The second-order valence-corrected chi connectivity index (χ2v) is 10.8. The average Bonchev–Trinajstić information content (AvgIpc) is 3.50. The number of aromatic nitrogens is 3. The zero-order valence-corrected chi connectivity index (χ0v) is 21.2. The Balaban J connectivity index is 1.21. The van der Waals surface area contributed by atoms with E-state index >= 15 is 0 Å². The maximum Gasteiger partial charge on any atom is 0.137 e. The van der Waals surface area contributed by atoms with Crippen molar-refractivity contribution >= 4 is 35.0 Å². The van der Waals surface area contributed by atoms with Crippen LogP contribution in [0.3, 0.4) is 0 Å². The summed E-state index contributed by atoms with van der Waals surface area (Å²) in [4.78, 5) is 6.56. The van der Waals surface area contributed by atoms with Gasteiger partial charge in [0.2, 0.25) is 0 Å². The Kier molecular flexibility index (Phi) is 7.97. The van der Waals surface area contributed by atoms with Crippen LogP contribution in [0.15, 0.2) is 55.1 Å². The third-order valence-electron chi connectivity index (χ3n) is 6.40. The van der Waals surface area contributed by atoms with Crippen LogP contribution in [-0.2, 0) is 17.8 Å². The molecule has 1 aromatic heterocycles. The Hall–Kier alpha value is -1.77. The van der Waals surface area contributed by atoms with Crippen LogP contribution < -0.4 is 4.74 Å². The minimum Gasteiger partial charge on any atom is -0.491 e. The van der Waals surface area contributed by atoms with E-state index in [2.05, 4.69) is 39.2 Å². The van der Waals surface area contributed by atoms with E-state index in [1.54, 1.807) is 17.1 Å². The van der Waals surface area contributed by atoms with Gasteiger partial charge in [0.25, 0.3) is 0 Å². The number of halogens is 2. The lowest BCUT2D eigenvalue weighted by atomic mass is 9.91. The summed E-state index contributed by atoms with van der Waals surface area (Å²) in [5, 5.41) is 5.54. The van der Waals surface area contributed by atoms with Gasteiger partial charge >= 0.3 is 0 Å². The molecule has 0 amide bonds. The maximum absolute atomic E-state index is 6.55. The highest BCUT2D eigenvalue weighted by atomic mass is 35.5. The smallest absolute Gasteiger partial charge is 0.137 e. The van der Waals surface area contributed by atoms with Crippen LogP contribution >= 0.6 is 35.0 Å². The largest absolute Gasteiger partial charge is 0.491 e. The molecule has 9 heteroatoms. The van der Waals surface area contributed by atoms with Crippen molar-refractivity contribution in [3.8, 4) is 5.75 Å². The van der Waals surface area contributed by atoms with E-state index in [9.17, 15) is 0 Å². The summed E-state index contributed by atoms with van der Waals surface area (Å²) in [5.74, 6) is 3.43. The molecule has 180 valence electrons. The van der Waals surface area contributed by atoms with Gasteiger partial charge in [-0.25, -0.2) is 4.98 Å². The number of hydrogen-bond acceptors (Lipinski definition) is 6. The van der Waals surface area contributed by atoms with Gasteiger partial charge in [-0.1, -0.05) is 41.4 Å². The van der Waals surface area contributed by atoms with Crippen LogP contribution in [0.25, 0.3) is 0 Å². The molecule has 3 atom stereocenters. The van der Waals surface area contributed by atoms with Gasteiger partial charge in [0, 0.05) is 47.1 Å². The molecular weight excluding hydrogens is 491 g/mol. The number of hydrogen-bond donors (Lipinski definition) is 0. The topological polar surface area (TPSA) is 52.4 Å². The first-order chi connectivity index (χ1) is 16.6. The first-order valence-corrected chi connectivity index (χ1v) is 13.5. The minimum absolute atomic E-state index is 0.0456. The molecule has 3 unspecified atom stereocenters. The molecule has 2 aromatic carbocycles. The summed E-state index contributed by atoms with van der Waals surface area (Å²) in [7, 11) is 0. The summed E-state index contributed by atoms with van der Waals surface area (Å²) in [6.07, 6.45) is 3.92. The number of ether oxygens (including phenoxy) is 2. The van der Waals surface area contributed by atoms with Gasteiger partial charge in [-0.05, 0) is 41.8 Å². The standard InChI is InChI=1S/C25H28Cl2N4O2S/c26-19-3-6-22(24(27)11-19)23-12-21(33-25(23)14-31-17-28-16-29-31)15-32-20-4-1-18(2-5-20)13-30-7-9-34-10-8-30/h1-6,11,16-17,21,23,25H,7-10,12-15H2. The molecule has 0 aliphatic carbocycles. The van der Waals surface area contributed by atoms with Gasteiger partial charge in [-0.2, -0.15) is 16.9 Å². The Morgan fingerprint density at radius 2 is 1.91 bits per heavy atom. The SMILES string of the molecule is Clc1ccc(C2CC(COc3ccc(CN4CCSCC4)cc3)OC2Cn2cncn2)c(Cl)c1. The van der Waals surface area contributed by atoms with E-state index in [0.29, 0.717) is 23.2 Å². The molecule has 6 nitrogen and oxygen atoms in total. The highest BCUT2D eigenvalue weighted by Gasteiger charge is 2.38. The normalized spacial score (nSPS) is 23.3. The van der Waals surface area contributed by atoms with Crippen molar-refractivity contribution in [3.05, 3.63) is 76.3 Å². The molecule has 0 bridgehead atoms. The number of benzene rings is 2. The van der Waals surface area contributed by atoms with E-state index in [1.807, 2.05) is 23.9 Å². The molecule has 5 rings (SSSR count). The van der Waals surface area contributed by atoms with Crippen molar-refractivity contribution in [3.63, 3.8) is 0 Å². The lowest BCUT2D eigenvalue weighted by Gasteiger charge is -2.26. The molecule has 2 fully saturated rings. The molecule has 3 heterocycles. The monoisotopic (exact) mass is 518 g/mol. The molecular formula is C25H28Cl2N4O2S. The summed E-state index contributed by atoms with van der Waals surface area (Å²) in [6.45, 7) is 4.41. The molecule has 0 radical (unpaired) electrons. The van der Waals surface area contributed by atoms with Gasteiger partial charge in [-0.3, -0.25) is 9.58 Å². The van der Waals surface area contributed by atoms with Crippen LogP contribution in [0, 0.1) is 0 Å². The highest BCUT2D eigenvalue weighted by Crippen LogP contribution is 2.40. The van der Waals surface area contributed by atoms with Crippen molar-refractivity contribution in [2.45, 2.75) is 37.6 Å². The highest BCUT2D eigenvalue weighted by molar-refractivity contribution is 7.99. The Labute approximate surface area is 214 Å². The van der Waals surface area contributed by atoms with Gasteiger partial charge in [-0.15, -0.1) is 0 Å². The number of nitrogens with zero attached hydrogens (tertiary/aromatic N) is 4. The summed E-state index contributed by atoms with van der Waals surface area (Å²) in [5.41, 5.74) is 2.36. The van der Waals surface area contributed by atoms with Crippen molar-refractivity contribution in [1.29, 1.82) is 0 Å². The fourth-order valence-electron chi connectivity index (χ4n) is 4.65. The quantitative estimate of drug-likeness (QED) is 0.410. The van der Waals surface area contributed by atoms with Crippen LogP contribution in [-0.4, -0.2) is 63.1 Å². The van der Waals surface area contributed by atoms with Gasteiger partial charge in [0.1, 0.15) is 25.0 Å². The van der Waals surface area contributed by atoms with Gasteiger partial charge in [0.05, 0.1) is 18.8 Å². The summed E-state index contributed by atoms with van der Waals surface area (Å²) < 4.78 is 14.3. The lowest BCUT2D eigenvalue weighted by molar-refractivity contribution is 0.00632. The van der Waals surface area contributed by atoms with E-state index in [-0.39, 0.29) is 18.1 Å². The van der Waals surface area contributed by atoms with Crippen LogP contribution in [0.2, 0.25) is 10.0 Å². The lowest BCUT2D eigenvalue weighted by Crippen LogP contribution is -2.31. The Morgan fingerprint density at radius 3 is 2.65 bits per heavy atom. The van der Waals surface area contributed by atoms with Gasteiger partial charge in [0.15, 0.2) is 0 Å². The molecule has 34 heavy (non-hydrogen) atoms. The van der Waals surface area contributed by atoms with E-state index < -0.39 is 0 Å². The Bertz CT molecular complexity index is 1060. The second-order valence-electron chi connectivity index (χ2n) is 8.77. The predicted octanol–water partition coefficient (Wildman–Crippen LogP) is 5.15. The van der Waals surface area contributed by atoms with Crippen molar-refractivity contribution < 1.29 is 9.47 Å². The molecule has 0 saturated carbocycles. The molecule has 2 saturated heterocycles. The summed E-state index contributed by atoms with van der Waals surface area (Å²) >= 11 is 14.7. The van der Waals surface area contributed by atoms with E-state index in [1.165, 1.54) is 23.4 Å². The molecule has 3 aromatic rings. The van der Waals surface area contributed by atoms with Crippen molar-refractivity contribution in [2.24, 2.45) is 0 Å². The van der Waals surface area contributed by atoms with Crippen LogP contribution in [0.5, 0.6) is 5.75 Å². The zero-order chi connectivity index (χ0) is 23.3. The average molecular weight is 519 g/mol. The van der Waals surface area contributed by atoms with Crippen LogP contribution in [0.1, 0.15) is 23.5 Å². The van der Waals surface area contributed by atoms with Crippen molar-refractivity contribution in [1.82, 2.24) is 19.7 Å². The Morgan fingerprint density at radius 1 is 1.09 bits per heavy atom. The zero-order valence-electron chi connectivity index (χ0n) is 18.9. The molecule has 2 aliphatic heterocycles. The first-order valence-electron chi connectivity index (χ1n) is 11.6. The minimum atomic E-state index is -0.0842. The van der Waals surface area contributed by atoms with Crippen LogP contribution in [0.4, 0.5) is 0 Å². The third kappa shape index (κ3) is 6.07. The van der Waals surface area contributed by atoms with E-state index in [4.69, 9.17) is 32.7 Å².